The molecule has 0 aromatic heterocycles. The molecule has 0 aliphatic rings. The van der Waals surface area contributed by atoms with Gasteiger partial charge in [0.15, 0.2) is 23.0 Å². The summed E-state index contributed by atoms with van der Waals surface area (Å²) in [5, 5.41) is 9.44. The van der Waals surface area contributed by atoms with E-state index in [0.29, 0.717) is 28.7 Å². The Hall–Kier alpha value is -3.09. The van der Waals surface area contributed by atoms with Crippen LogP contribution in [0.15, 0.2) is 30.3 Å². The van der Waals surface area contributed by atoms with Gasteiger partial charge >= 0.3 is 5.97 Å². The van der Waals surface area contributed by atoms with Gasteiger partial charge in [0, 0.05) is 5.92 Å². The number of methoxy groups -OCH3 is 5. The van der Waals surface area contributed by atoms with Crippen molar-refractivity contribution in [2.75, 3.05) is 35.5 Å². The molecule has 0 spiro atoms. The van der Waals surface area contributed by atoms with Crippen molar-refractivity contribution in [2.45, 2.75) is 12.3 Å². The number of benzene rings is 2. The minimum Gasteiger partial charge on any atom is -0.493 e. The molecule has 0 saturated heterocycles. The van der Waals surface area contributed by atoms with E-state index < -0.39 is 11.9 Å². The topological polar surface area (TPSA) is 83.5 Å². The van der Waals surface area contributed by atoms with Gasteiger partial charge in [0.2, 0.25) is 5.75 Å². The van der Waals surface area contributed by atoms with Crippen LogP contribution in [0.5, 0.6) is 28.7 Å². The highest BCUT2D eigenvalue weighted by Gasteiger charge is 2.23. The van der Waals surface area contributed by atoms with E-state index in [1.54, 1.807) is 31.4 Å². The fourth-order valence-corrected chi connectivity index (χ4v) is 2.97. The summed E-state index contributed by atoms with van der Waals surface area (Å²) in [6.45, 7) is 0. The SMILES string of the molecule is COc1ccc([C@H](CC(=O)O)c2cc(OC)c(OC)c(OC)c2)cc1OC. The average molecular weight is 376 g/mol. The van der Waals surface area contributed by atoms with Crippen molar-refractivity contribution in [3.8, 4) is 28.7 Å². The van der Waals surface area contributed by atoms with Crippen LogP contribution in [0.2, 0.25) is 0 Å². The lowest BCUT2D eigenvalue weighted by molar-refractivity contribution is -0.137. The number of rotatable bonds is 9. The summed E-state index contributed by atoms with van der Waals surface area (Å²) in [5.41, 5.74) is 1.49. The summed E-state index contributed by atoms with van der Waals surface area (Å²) in [4.78, 5) is 11.5. The molecule has 2 rings (SSSR count). The van der Waals surface area contributed by atoms with Crippen LogP contribution in [0.1, 0.15) is 23.5 Å². The van der Waals surface area contributed by atoms with Gasteiger partial charge in [-0.15, -0.1) is 0 Å². The standard InChI is InChI=1S/C20H24O7/c1-23-15-7-6-12(8-16(15)24-2)14(11-19(21)22)13-9-17(25-3)20(27-5)18(10-13)26-4/h6-10,14H,11H2,1-5H3,(H,21,22)/t14-/m0/s1. The Bertz CT molecular complexity index is 776. The van der Waals surface area contributed by atoms with Gasteiger partial charge in [0.05, 0.1) is 42.0 Å². The monoisotopic (exact) mass is 376 g/mol. The highest BCUT2D eigenvalue weighted by atomic mass is 16.5. The maximum Gasteiger partial charge on any atom is 0.304 e. The second kappa shape index (κ2) is 9.02. The molecule has 0 aliphatic carbocycles. The molecule has 0 aliphatic heterocycles. The molecule has 0 heterocycles. The third kappa shape index (κ3) is 4.36. The third-order valence-corrected chi connectivity index (χ3v) is 4.28. The van der Waals surface area contributed by atoms with Crippen LogP contribution in [0, 0.1) is 0 Å². The summed E-state index contributed by atoms with van der Waals surface area (Å²) in [7, 11) is 7.63. The molecule has 2 aromatic carbocycles. The number of hydrogen-bond donors (Lipinski definition) is 1. The highest BCUT2D eigenvalue weighted by molar-refractivity contribution is 5.70. The zero-order chi connectivity index (χ0) is 20.0. The molecule has 1 N–H and O–H groups in total. The predicted molar refractivity (Wildman–Crippen MR) is 99.7 cm³/mol. The van der Waals surface area contributed by atoms with Gasteiger partial charge < -0.3 is 28.8 Å². The van der Waals surface area contributed by atoms with Crippen molar-refractivity contribution < 1.29 is 33.6 Å². The summed E-state index contributed by atoms with van der Waals surface area (Å²) >= 11 is 0. The van der Waals surface area contributed by atoms with E-state index >= 15 is 0 Å². The molecule has 0 saturated carbocycles. The Morgan fingerprint density at radius 3 is 1.74 bits per heavy atom. The van der Waals surface area contributed by atoms with Crippen LogP contribution >= 0.6 is 0 Å². The third-order valence-electron chi connectivity index (χ3n) is 4.28. The number of carbonyl (C=O) groups is 1. The quantitative estimate of drug-likeness (QED) is 0.718. The Balaban J connectivity index is 2.62. The zero-order valence-corrected chi connectivity index (χ0v) is 16.1. The van der Waals surface area contributed by atoms with Crippen molar-refractivity contribution in [3.63, 3.8) is 0 Å². The Kier molecular flexibility index (Phi) is 6.76. The first-order chi connectivity index (χ1) is 13.0. The number of carboxylic acid groups (broad SMARTS) is 1. The fraction of sp³-hybridized carbons (Fsp3) is 0.350. The largest absolute Gasteiger partial charge is 0.493 e. The predicted octanol–water partition coefficient (Wildman–Crippen LogP) is 3.34. The molecule has 0 unspecified atom stereocenters. The molecule has 27 heavy (non-hydrogen) atoms. The smallest absolute Gasteiger partial charge is 0.304 e. The maximum atomic E-state index is 11.5. The Morgan fingerprint density at radius 2 is 1.30 bits per heavy atom. The van der Waals surface area contributed by atoms with Crippen molar-refractivity contribution in [1.82, 2.24) is 0 Å². The summed E-state index contributed by atoms with van der Waals surface area (Å²) in [5.74, 6) is 1.09. The fourth-order valence-electron chi connectivity index (χ4n) is 2.97. The number of aliphatic carboxylic acids is 1. The number of ether oxygens (including phenoxy) is 5. The Labute approximate surface area is 158 Å². The van der Waals surface area contributed by atoms with Gasteiger partial charge in [-0.1, -0.05) is 6.07 Å². The van der Waals surface area contributed by atoms with E-state index in [1.165, 1.54) is 28.4 Å². The van der Waals surface area contributed by atoms with E-state index in [4.69, 9.17) is 23.7 Å². The summed E-state index contributed by atoms with van der Waals surface area (Å²) < 4.78 is 26.7. The van der Waals surface area contributed by atoms with E-state index in [2.05, 4.69) is 0 Å². The van der Waals surface area contributed by atoms with Gasteiger partial charge in [0.25, 0.3) is 0 Å². The highest BCUT2D eigenvalue weighted by Crippen LogP contribution is 2.43. The molecule has 0 bridgehead atoms. The van der Waals surface area contributed by atoms with Gasteiger partial charge in [-0.2, -0.15) is 0 Å². The van der Waals surface area contributed by atoms with E-state index in [0.717, 1.165) is 11.1 Å². The molecule has 7 nitrogen and oxygen atoms in total. The second-order valence-electron chi connectivity index (χ2n) is 5.72. The molecular weight excluding hydrogens is 352 g/mol. The molecule has 2 aromatic rings. The number of carboxylic acids is 1. The van der Waals surface area contributed by atoms with Crippen LogP contribution in [0.3, 0.4) is 0 Å². The van der Waals surface area contributed by atoms with Crippen LogP contribution in [0.4, 0.5) is 0 Å². The maximum absolute atomic E-state index is 11.5. The minimum atomic E-state index is -0.927. The molecule has 0 amide bonds. The zero-order valence-electron chi connectivity index (χ0n) is 16.1. The van der Waals surface area contributed by atoms with E-state index in [-0.39, 0.29) is 6.42 Å². The van der Waals surface area contributed by atoms with Crippen molar-refractivity contribution >= 4 is 5.97 Å². The van der Waals surface area contributed by atoms with Crippen LogP contribution in [-0.2, 0) is 4.79 Å². The van der Waals surface area contributed by atoms with Gasteiger partial charge in [-0.25, -0.2) is 0 Å². The Morgan fingerprint density at radius 1 is 0.778 bits per heavy atom. The molecular formula is C20H24O7. The summed E-state index contributed by atoms with van der Waals surface area (Å²) in [6.07, 6.45) is -0.117. The van der Waals surface area contributed by atoms with Crippen LogP contribution < -0.4 is 23.7 Å². The van der Waals surface area contributed by atoms with Crippen molar-refractivity contribution in [1.29, 1.82) is 0 Å². The van der Waals surface area contributed by atoms with Gasteiger partial charge in [-0.3, -0.25) is 4.79 Å². The van der Waals surface area contributed by atoms with Crippen LogP contribution in [-0.4, -0.2) is 46.6 Å². The van der Waals surface area contributed by atoms with E-state index in [1.807, 2.05) is 6.07 Å². The first kappa shape index (κ1) is 20.2. The van der Waals surface area contributed by atoms with E-state index in [9.17, 15) is 9.90 Å². The molecule has 0 radical (unpaired) electrons. The van der Waals surface area contributed by atoms with Crippen LogP contribution in [0.25, 0.3) is 0 Å². The molecule has 7 heteroatoms. The first-order valence-corrected chi connectivity index (χ1v) is 8.22. The second-order valence-corrected chi connectivity index (χ2v) is 5.72. The van der Waals surface area contributed by atoms with Gasteiger partial charge in [0.1, 0.15) is 0 Å². The van der Waals surface area contributed by atoms with Crippen molar-refractivity contribution in [3.05, 3.63) is 41.5 Å². The minimum absolute atomic E-state index is 0.117. The molecule has 0 fully saturated rings. The van der Waals surface area contributed by atoms with Gasteiger partial charge in [-0.05, 0) is 35.4 Å². The lowest BCUT2D eigenvalue weighted by Gasteiger charge is -2.21. The summed E-state index contributed by atoms with van der Waals surface area (Å²) in [6, 6.07) is 8.85. The first-order valence-electron chi connectivity index (χ1n) is 8.22. The number of hydrogen-bond acceptors (Lipinski definition) is 6. The average Bonchev–Trinajstić information content (AvgIpc) is 2.70. The lowest BCUT2D eigenvalue weighted by atomic mass is 9.88. The molecule has 1 atom stereocenters. The molecule has 146 valence electrons. The van der Waals surface area contributed by atoms with Crippen molar-refractivity contribution in [2.24, 2.45) is 0 Å². The normalized spacial score (nSPS) is 11.4. The lowest BCUT2D eigenvalue weighted by Crippen LogP contribution is -2.09.